The van der Waals surface area contributed by atoms with Gasteiger partial charge < -0.3 is 24.8 Å². The number of hydrogen-bond acceptors (Lipinski definition) is 7. The average Bonchev–Trinajstić information content (AvgIpc) is 2.93. The molecule has 3 aromatic carbocycles. The lowest BCUT2D eigenvalue weighted by Gasteiger charge is -2.15. The first kappa shape index (κ1) is 32.1. The van der Waals surface area contributed by atoms with E-state index in [0.29, 0.717) is 51.9 Å². The third-order valence-corrected chi connectivity index (χ3v) is 6.24. The lowest BCUT2D eigenvalue weighted by Crippen LogP contribution is -2.32. The predicted octanol–water partition coefficient (Wildman–Crippen LogP) is 5.75. The fraction of sp³-hybridized carbons (Fsp3) is 0.290. The highest BCUT2D eigenvalue weighted by atomic mass is 79.9. The molecule has 0 fully saturated rings. The molecule has 0 saturated carbocycles. The van der Waals surface area contributed by atoms with E-state index in [-0.39, 0.29) is 12.5 Å². The van der Waals surface area contributed by atoms with Gasteiger partial charge in [-0.25, -0.2) is 5.43 Å². The van der Waals surface area contributed by atoms with Gasteiger partial charge in [0, 0.05) is 11.4 Å². The highest BCUT2D eigenvalue weighted by Crippen LogP contribution is 2.36. The molecule has 3 rings (SSSR count). The molecular formula is C31H35BrN4O6. The van der Waals surface area contributed by atoms with Crippen LogP contribution in [0.1, 0.15) is 43.4 Å². The highest BCUT2D eigenvalue weighted by molar-refractivity contribution is 9.10. The Labute approximate surface area is 253 Å². The van der Waals surface area contributed by atoms with Gasteiger partial charge in [0.05, 0.1) is 23.9 Å². The van der Waals surface area contributed by atoms with Gasteiger partial charge in [0.2, 0.25) is 0 Å². The average molecular weight is 640 g/mol. The number of benzene rings is 3. The lowest BCUT2D eigenvalue weighted by molar-refractivity contribution is -0.136. The molecule has 10 nitrogen and oxygen atoms in total. The molecule has 0 radical (unpaired) electrons. The monoisotopic (exact) mass is 638 g/mol. The van der Waals surface area contributed by atoms with Gasteiger partial charge >= 0.3 is 11.8 Å². The number of halogens is 1. The van der Waals surface area contributed by atoms with Crippen molar-refractivity contribution < 1.29 is 28.6 Å². The number of unbranched alkanes of at least 4 members (excludes halogenated alkanes) is 1. The van der Waals surface area contributed by atoms with Crippen molar-refractivity contribution >= 4 is 51.2 Å². The van der Waals surface area contributed by atoms with Gasteiger partial charge in [-0.05, 0) is 108 Å². The molecule has 11 heteroatoms. The molecular weight excluding hydrogens is 604 g/mol. The Morgan fingerprint density at radius 2 is 1.57 bits per heavy atom. The summed E-state index contributed by atoms with van der Waals surface area (Å²) in [6.45, 7) is 8.54. The maximum absolute atomic E-state index is 12.5. The fourth-order valence-electron chi connectivity index (χ4n) is 3.82. The number of rotatable bonds is 13. The number of hydrazone groups is 1. The SMILES string of the molecule is CCCCOc1ccc(NC(=O)C(=O)N/N=C\c2cc(Br)c(OCC(=O)Nc3cc(C)cc(C)c3)c(OCC)c2)cc1. The van der Waals surface area contributed by atoms with Crippen LogP contribution in [-0.4, -0.2) is 43.8 Å². The number of aryl methyl sites for hydroxylation is 2. The van der Waals surface area contributed by atoms with Gasteiger partial charge in [-0.15, -0.1) is 0 Å². The maximum atomic E-state index is 12.5. The predicted molar refractivity (Wildman–Crippen MR) is 167 cm³/mol. The van der Waals surface area contributed by atoms with Crippen LogP contribution in [0.4, 0.5) is 11.4 Å². The van der Waals surface area contributed by atoms with Crippen LogP contribution in [0.2, 0.25) is 0 Å². The zero-order valence-electron chi connectivity index (χ0n) is 24.1. The topological polar surface area (TPSA) is 127 Å². The highest BCUT2D eigenvalue weighted by Gasteiger charge is 2.15. The van der Waals surface area contributed by atoms with Gasteiger partial charge in [0.25, 0.3) is 5.91 Å². The van der Waals surface area contributed by atoms with Gasteiger partial charge in [-0.3, -0.25) is 14.4 Å². The summed E-state index contributed by atoms with van der Waals surface area (Å²) in [5.41, 5.74) is 5.98. The second kappa shape index (κ2) is 16.2. The van der Waals surface area contributed by atoms with Crippen molar-refractivity contribution in [2.45, 2.75) is 40.5 Å². The van der Waals surface area contributed by atoms with Crippen molar-refractivity contribution in [3.8, 4) is 17.2 Å². The third-order valence-electron chi connectivity index (χ3n) is 5.65. The number of carbonyl (C=O) groups is 3. The van der Waals surface area contributed by atoms with E-state index in [1.807, 2.05) is 39.0 Å². The molecule has 0 saturated heterocycles. The quantitative estimate of drug-likeness (QED) is 0.0947. The molecule has 3 N–H and O–H groups in total. The van der Waals surface area contributed by atoms with E-state index in [2.05, 4.69) is 44.0 Å². The number of nitrogens with one attached hydrogen (secondary N) is 3. The minimum atomic E-state index is -0.937. The fourth-order valence-corrected chi connectivity index (χ4v) is 4.39. The van der Waals surface area contributed by atoms with E-state index in [1.165, 1.54) is 6.21 Å². The number of ether oxygens (including phenoxy) is 3. The standard InChI is InChI=1S/C31H35BrN4O6/c1-5-7-12-41-25-10-8-23(9-11-25)35-30(38)31(39)36-33-18-22-16-26(32)29(27(17-22)40-6-2)42-19-28(37)34-24-14-20(3)13-21(4)15-24/h8-11,13-18H,5-7,12,19H2,1-4H3,(H,34,37)(H,35,38)(H,36,39)/b33-18-. The van der Waals surface area contributed by atoms with Crippen LogP contribution in [0.25, 0.3) is 0 Å². The summed E-state index contributed by atoms with van der Waals surface area (Å²) in [6.07, 6.45) is 3.34. The Hall–Kier alpha value is -4.38. The second-order valence-corrected chi connectivity index (χ2v) is 10.2. The van der Waals surface area contributed by atoms with E-state index in [0.717, 1.165) is 24.0 Å². The smallest absolute Gasteiger partial charge is 0.329 e. The van der Waals surface area contributed by atoms with Crippen LogP contribution in [0.5, 0.6) is 17.2 Å². The van der Waals surface area contributed by atoms with Crippen molar-refractivity contribution in [3.63, 3.8) is 0 Å². The molecule has 0 bridgehead atoms. The van der Waals surface area contributed by atoms with Crippen LogP contribution in [0.3, 0.4) is 0 Å². The van der Waals surface area contributed by atoms with Gasteiger partial charge in [0.1, 0.15) is 5.75 Å². The summed E-state index contributed by atoms with van der Waals surface area (Å²) in [5, 5.41) is 9.23. The zero-order valence-corrected chi connectivity index (χ0v) is 25.7. The van der Waals surface area contributed by atoms with E-state index < -0.39 is 11.8 Å². The minimum absolute atomic E-state index is 0.237. The largest absolute Gasteiger partial charge is 0.494 e. The summed E-state index contributed by atoms with van der Waals surface area (Å²) < 4.78 is 17.6. The van der Waals surface area contributed by atoms with Crippen LogP contribution >= 0.6 is 15.9 Å². The number of carbonyl (C=O) groups excluding carboxylic acids is 3. The summed E-state index contributed by atoms with van der Waals surface area (Å²) in [7, 11) is 0. The van der Waals surface area contributed by atoms with Gasteiger partial charge in [0.15, 0.2) is 18.1 Å². The van der Waals surface area contributed by atoms with Crippen molar-refractivity contribution in [2.75, 3.05) is 30.5 Å². The number of nitrogens with zero attached hydrogens (tertiary/aromatic N) is 1. The van der Waals surface area contributed by atoms with Crippen molar-refractivity contribution in [2.24, 2.45) is 5.10 Å². The Bertz CT molecular complexity index is 1410. The number of amides is 3. The van der Waals surface area contributed by atoms with Crippen molar-refractivity contribution in [1.29, 1.82) is 0 Å². The minimum Gasteiger partial charge on any atom is -0.494 e. The molecule has 0 spiro atoms. The van der Waals surface area contributed by atoms with Crippen LogP contribution < -0.4 is 30.3 Å². The van der Waals surface area contributed by atoms with E-state index in [9.17, 15) is 14.4 Å². The molecule has 3 aromatic rings. The Balaban J connectivity index is 1.56. The lowest BCUT2D eigenvalue weighted by atomic mass is 10.1. The summed E-state index contributed by atoms with van der Waals surface area (Å²) in [4.78, 5) is 37.0. The maximum Gasteiger partial charge on any atom is 0.329 e. The molecule has 0 aliphatic rings. The normalized spacial score (nSPS) is 10.7. The molecule has 0 aliphatic heterocycles. The van der Waals surface area contributed by atoms with Crippen LogP contribution in [0.15, 0.2) is 64.2 Å². The van der Waals surface area contributed by atoms with Crippen molar-refractivity contribution in [3.05, 3.63) is 75.8 Å². The Kier molecular flexibility index (Phi) is 12.4. The van der Waals surface area contributed by atoms with E-state index >= 15 is 0 Å². The molecule has 3 amide bonds. The van der Waals surface area contributed by atoms with Crippen LogP contribution in [0, 0.1) is 13.8 Å². The number of anilines is 2. The molecule has 0 atom stereocenters. The van der Waals surface area contributed by atoms with E-state index in [4.69, 9.17) is 14.2 Å². The first-order valence-corrected chi connectivity index (χ1v) is 14.3. The molecule has 0 unspecified atom stereocenters. The molecule has 222 valence electrons. The third kappa shape index (κ3) is 10.2. The Morgan fingerprint density at radius 3 is 2.24 bits per heavy atom. The summed E-state index contributed by atoms with van der Waals surface area (Å²) >= 11 is 3.45. The van der Waals surface area contributed by atoms with Gasteiger partial charge in [-0.2, -0.15) is 5.10 Å². The second-order valence-electron chi connectivity index (χ2n) is 9.36. The van der Waals surface area contributed by atoms with E-state index in [1.54, 1.807) is 36.4 Å². The van der Waals surface area contributed by atoms with Gasteiger partial charge in [-0.1, -0.05) is 19.4 Å². The summed E-state index contributed by atoms with van der Waals surface area (Å²) in [6, 6.07) is 15.9. The first-order chi connectivity index (χ1) is 20.2. The zero-order chi connectivity index (χ0) is 30.5. The van der Waals surface area contributed by atoms with Crippen LogP contribution in [-0.2, 0) is 14.4 Å². The number of hydrogen-bond donors (Lipinski definition) is 3. The molecule has 0 heterocycles. The molecule has 0 aromatic heterocycles. The Morgan fingerprint density at radius 1 is 0.857 bits per heavy atom. The first-order valence-electron chi connectivity index (χ1n) is 13.5. The summed E-state index contributed by atoms with van der Waals surface area (Å²) in [5.74, 6) is -0.727. The molecule has 42 heavy (non-hydrogen) atoms. The molecule has 0 aliphatic carbocycles. The van der Waals surface area contributed by atoms with Crippen molar-refractivity contribution in [1.82, 2.24) is 5.43 Å².